The maximum atomic E-state index is 13.1. The predicted octanol–water partition coefficient (Wildman–Crippen LogP) is 6.25. The first-order valence-corrected chi connectivity index (χ1v) is 12.5. The Morgan fingerprint density at radius 3 is 2.32 bits per heavy atom. The van der Waals surface area contributed by atoms with Crippen LogP contribution in [0, 0.1) is 0 Å². The molecule has 0 saturated heterocycles. The number of ether oxygens (including phenoxy) is 1. The first-order valence-electron chi connectivity index (χ1n) is 11.4. The average molecular weight is 573 g/mol. The Bertz CT molecular complexity index is 1470. The second-order valence-electron chi connectivity index (χ2n) is 8.08. The van der Waals surface area contributed by atoms with Gasteiger partial charge in [0.15, 0.2) is 0 Å². The molecular weight excluding hydrogens is 553 g/mol. The van der Waals surface area contributed by atoms with E-state index < -0.39 is 23.7 Å². The first kappa shape index (κ1) is 27.2. The zero-order valence-electron chi connectivity index (χ0n) is 19.9. The van der Waals surface area contributed by atoms with Crippen molar-refractivity contribution in [3.05, 3.63) is 98.6 Å². The van der Waals surface area contributed by atoms with Crippen LogP contribution in [0.4, 0.5) is 17.1 Å². The molecule has 2 N–H and O–H groups in total. The van der Waals surface area contributed by atoms with Gasteiger partial charge in [0.2, 0.25) is 0 Å². The van der Waals surface area contributed by atoms with E-state index in [0.717, 1.165) is 4.90 Å². The second kappa shape index (κ2) is 11.7. The van der Waals surface area contributed by atoms with Gasteiger partial charge in [-0.1, -0.05) is 53.9 Å². The number of carbonyl (C=O) groups is 4. The lowest BCUT2D eigenvalue weighted by atomic mass is 10.1. The van der Waals surface area contributed by atoms with Gasteiger partial charge in [-0.25, -0.2) is 9.69 Å². The minimum Gasteiger partial charge on any atom is -0.462 e. The van der Waals surface area contributed by atoms with Crippen molar-refractivity contribution >= 4 is 75.6 Å². The summed E-state index contributed by atoms with van der Waals surface area (Å²) in [6, 6.07) is 16.9. The Morgan fingerprint density at radius 2 is 1.61 bits per heavy atom. The molecule has 4 rings (SSSR count). The van der Waals surface area contributed by atoms with Crippen LogP contribution in [-0.4, -0.2) is 30.3 Å². The summed E-state index contributed by atoms with van der Waals surface area (Å²) in [5.41, 5.74) is 1.30. The van der Waals surface area contributed by atoms with Crippen molar-refractivity contribution in [2.45, 2.75) is 13.3 Å². The van der Waals surface area contributed by atoms with Gasteiger partial charge in [-0.15, -0.1) is 0 Å². The van der Waals surface area contributed by atoms with Crippen molar-refractivity contribution in [3.8, 4) is 0 Å². The van der Waals surface area contributed by atoms with E-state index in [0.29, 0.717) is 22.8 Å². The number of hydrogen-bond donors (Lipinski definition) is 2. The highest BCUT2D eigenvalue weighted by Crippen LogP contribution is 2.32. The third-order valence-corrected chi connectivity index (χ3v) is 6.59. The lowest BCUT2D eigenvalue weighted by Crippen LogP contribution is -2.32. The van der Waals surface area contributed by atoms with Gasteiger partial charge in [-0.2, -0.15) is 0 Å². The fourth-order valence-electron chi connectivity index (χ4n) is 3.55. The maximum absolute atomic E-state index is 13.1. The number of esters is 1. The van der Waals surface area contributed by atoms with Gasteiger partial charge >= 0.3 is 5.97 Å². The predicted molar refractivity (Wildman–Crippen MR) is 147 cm³/mol. The minimum atomic E-state index is -0.732. The monoisotopic (exact) mass is 571 g/mol. The number of hydrogen-bond acceptors (Lipinski definition) is 6. The molecule has 38 heavy (non-hydrogen) atoms. The number of nitrogens with one attached hydrogen (secondary N) is 2. The average Bonchev–Trinajstić information content (AvgIpc) is 3.13. The lowest BCUT2D eigenvalue weighted by Gasteiger charge is -2.15. The van der Waals surface area contributed by atoms with Crippen molar-refractivity contribution < 1.29 is 23.9 Å². The summed E-state index contributed by atoms with van der Waals surface area (Å²) in [5.74, 6) is -2.39. The molecular formula is C27H20Cl3N3O5. The van der Waals surface area contributed by atoms with Crippen LogP contribution in [0.15, 0.2) is 77.5 Å². The maximum Gasteiger partial charge on any atom is 0.338 e. The van der Waals surface area contributed by atoms with Crippen LogP contribution < -0.4 is 15.5 Å². The van der Waals surface area contributed by atoms with Crippen LogP contribution in [0.2, 0.25) is 10.0 Å². The highest BCUT2D eigenvalue weighted by Gasteiger charge is 2.39. The van der Waals surface area contributed by atoms with Crippen molar-refractivity contribution in [1.82, 2.24) is 0 Å². The number of rotatable bonds is 8. The molecule has 1 aliphatic rings. The van der Waals surface area contributed by atoms with Crippen LogP contribution in [0.1, 0.15) is 34.1 Å². The van der Waals surface area contributed by atoms with Gasteiger partial charge in [0.1, 0.15) is 10.7 Å². The molecule has 0 saturated carbocycles. The van der Waals surface area contributed by atoms with Gasteiger partial charge in [0.05, 0.1) is 33.6 Å². The molecule has 11 heteroatoms. The normalized spacial score (nSPS) is 13.1. The van der Waals surface area contributed by atoms with E-state index in [4.69, 9.17) is 39.5 Å². The highest BCUT2D eigenvalue weighted by molar-refractivity contribution is 6.53. The number of halogens is 3. The van der Waals surface area contributed by atoms with Crippen molar-refractivity contribution in [2.24, 2.45) is 0 Å². The molecule has 0 fully saturated rings. The van der Waals surface area contributed by atoms with E-state index in [-0.39, 0.29) is 39.2 Å². The van der Waals surface area contributed by atoms with Crippen LogP contribution in [-0.2, 0) is 14.3 Å². The number of amides is 3. The van der Waals surface area contributed by atoms with E-state index >= 15 is 0 Å². The fourth-order valence-corrected chi connectivity index (χ4v) is 4.11. The molecule has 194 valence electrons. The molecule has 1 aliphatic heterocycles. The largest absolute Gasteiger partial charge is 0.462 e. The summed E-state index contributed by atoms with van der Waals surface area (Å²) in [6.07, 6.45) is 0.685. The summed E-state index contributed by atoms with van der Waals surface area (Å²) >= 11 is 18.4. The molecule has 3 amide bonds. The third-order valence-electron chi connectivity index (χ3n) is 5.42. The molecule has 1 heterocycles. The molecule has 0 spiro atoms. The number of carbonyl (C=O) groups excluding carboxylic acids is 4. The van der Waals surface area contributed by atoms with Crippen LogP contribution in [0.25, 0.3) is 0 Å². The van der Waals surface area contributed by atoms with E-state index in [9.17, 15) is 19.2 Å². The van der Waals surface area contributed by atoms with Gasteiger partial charge in [0, 0.05) is 11.3 Å². The molecule has 3 aromatic carbocycles. The zero-order valence-corrected chi connectivity index (χ0v) is 22.2. The van der Waals surface area contributed by atoms with E-state index in [1.807, 2.05) is 6.92 Å². The zero-order chi connectivity index (χ0) is 27.4. The number of benzene rings is 3. The third kappa shape index (κ3) is 5.67. The van der Waals surface area contributed by atoms with Gasteiger partial charge in [-0.05, 0) is 61.0 Å². The molecule has 0 radical (unpaired) electrons. The molecule has 0 aromatic heterocycles. The van der Waals surface area contributed by atoms with Crippen LogP contribution in [0.5, 0.6) is 0 Å². The van der Waals surface area contributed by atoms with Crippen molar-refractivity contribution in [1.29, 1.82) is 0 Å². The van der Waals surface area contributed by atoms with Gasteiger partial charge in [-0.3, -0.25) is 14.4 Å². The van der Waals surface area contributed by atoms with E-state index in [1.165, 1.54) is 30.3 Å². The topological polar surface area (TPSA) is 105 Å². The van der Waals surface area contributed by atoms with Gasteiger partial charge in [0.25, 0.3) is 17.7 Å². The summed E-state index contributed by atoms with van der Waals surface area (Å²) in [7, 11) is 0. The molecule has 8 nitrogen and oxygen atoms in total. The highest BCUT2D eigenvalue weighted by atomic mass is 35.5. The Labute approximate surface area is 233 Å². The summed E-state index contributed by atoms with van der Waals surface area (Å²) < 4.78 is 5.09. The Balaban J connectivity index is 1.50. The van der Waals surface area contributed by atoms with Gasteiger partial charge < -0.3 is 15.4 Å². The molecule has 3 aromatic rings. The molecule has 0 bridgehead atoms. The quantitative estimate of drug-likeness (QED) is 0.244. The second-order valence-corrected chi connectivity index (χ2v) is 9.24. The lowest BCUT2D eigenvalue weighted by molar-refractivity contribution is -0.120. The minimum absolute atomic E-state index is 0.154. The standard InChI is InChI=1S/C27H20Cl3N3O5/c1-2-13-38-27(37)15-9-11-18(12-10-15)33-25(35)22(30)23(26(33)36)31-17-6-3-5-16(14-17)24(34)32-20-8-4-7-19(28)21(20)29/h3-12,14,31H,2,13H2,1H3,(H,32,34). The number of anilines is 3. The molecule has 0 aliphatic carbocycles. The summed E-state index contributed by atoms with van der Waals surface area (Å²) in [5, 5.41) is 5.70. The fraction of sp³-hybridized carbons (Fsp3) is 0.111. The Hall–Kier alpha value is -3.85. The van der Waals surface area contributed by atoms with Crippen molar-refractivity contribution in [2.75, 3.05) is 22.1 Å². The Kier molecular flexibility index (Phi) is 8.36. The number of imide groups is 1. The van der Waals surface area contributed by atoms with E-state index in [1.54, 1.807) is 36.4 Å². The SMILES string of the molecule is CCCOC(=O)c1ccc(N2C(=O)C(Cl)=C(Nc3cccc(C(=O)Nc4cccc(Cl)c4Cl)c3)C2=O)cc1. The summed E-state index contributed by atoms with van der Waals surface area (Å²) in [4.78, 5) is 51.6. The smallest absolute Gasteiger partial charge is 0.338 e. The van der Waals surface area contributed by atoms with Crippen LogP contribution >= 0.6 is 34.8 Å². The molecule has 0 atom stereocenters. The number of nitrogens with zero attached hydrogens (tertiary/aromatic N) is 1. The Morgan fingerprint density at radius 1 is 0.895 bits per heavy atom. The van der Waals surface area contributed by atoms with Crippen molar-refractivity contribution in [3.63, 3.8) is 0 Å². The molecule has 0 unspecified atom stereocenters. The van der Waals surface area contributed by atoms with Crippen LogP contribution in [0.3, 0.4) is 0 Å². The summed E-state index contributed by atoms with van der Waals surface area (Å²) in [6.45, 7) is 2.17. The van der Waals surface area contributed by atoms with E-state index in [2.05, 4.69) is 10.6 Å². The first-order chi connectivity index (χ1) is 18.2.